The Morgan fingerprint density at radius 2 is 2.38 bits per heavy atom. The van der Waals surface area contributed by atoms with E-state index in [0.29, 0.717) is 29.0 Å². The van der Waals surface area contributed by atoms with Crippen molar-refractivity contribution in [3.63, 3.8) is 0 Å². The number of hydrogen-bond donors (Lipinski definition) is 1. The summed E-state index contributed by atoms with van der Waals surface area (Å²) < 4.78 is 31.0. The summed E-state index contributed by atoms with van der Waals surface area (Å²) in [6.45, 7) is 2.27. The Hall–Kier alpha value is -2.45. The molecule has 2 rings (SSSR count). The number of rotatable bonds is 5. The summed E-state index contributed by atoms with van der Waals surface area (Å²) in [6.07, 6.45) is 3.45. The number of amides is 1. The standard InChI is InChI=1S/C15H21F2N5O2/c1-11(9-18-2)21-7-4-6-15(10-21,19-14(23)24-3)12-5-8-22(20-12)13(16)17/h5,8-9,13H,1,4,6-7,10H2,2-3H3,(H,19,23)/b18-9-. The van der Waals surface area contributed by atoms with Gasteiger partial charge < -0.3 is 15.0 Å². The number of aliphatic imine (C=N–C) groups is 1. The number of nitrogens with zero attached hydrogens (tertiary/aromatic N) is 4. The Morgan fingerprint density at radius 1 is 1.62 bits per heavy atom. The zero-order chi connectivity index (χ0) is 17.7. The smallest absolute Gasteiger partial charge is 0.407 e. The van der Waals surface area contributed by atoms with Crippen LogP contribution < -0.4 is 5.32 Å². The van der Waals surface area contributed by atoms with E-state index in [1.165, 1.54) is 19.4 Å². The largest absolute Gasteiger partial charge is 0.453 e. The lowest BCUT2D eigenvalue weighted by Crippen LogP contribution is -2.56. The van der Waals surface area contributed by atoms with Crippen molar-refractivity contribution in [3.05, 3.63) is 30.2 Å². The van der Waals surface area contributed by atoms with Gasteiger partial charge in [-0.2, -0.15) is 13.9 Å². The fourth-order valence-electron chi connectivity index (χ4n) is 2.85. The van der Waals surface area contributed by atoms with Crippen molar-refractivity contribution in [3.8, 4) is 0 Å². The molecule has 0 aliphatic carbocycles. The van der Waals surface area contributed by atoms with Gasteiger partial charge in [0.2, 0.25) is 0 Å². The van der Waals surface area contributed by atoms with Crippen molar-refractivity contribution < 1.29 is 18.3 Å². The molecule has 1 aliphatic heterocycles. The van der Waals surface area contributed by atoms with E-state index < -0.39 is 18.2 Å². The molecule has 1 aliphatic rings. The number of allylic oxidation sites excluding steroid dienone is 1. The minimum absolute atomic E-state index is 0.340. The number of likely N-dealkylation sites (tertiary alicyclic amines) is 1. The lowest BCUT2D eigenvalue weighted by Gasteiger charge is -2.43. The van der Waals surface area contributed by atoms with Gasteiger partial charge in [0.15, 0.2) is 0 Å². The normalized spacial score (nSPS) is 21.3. The molecule has 0 saturated carbocycles. The summed E-state index contributed by atoms with van der Waals surface area (Å²) in [5.74, 6) is 0. The first kappa shape index (κ1) is 17.9. The van der Waals surface area contributed by atoms with Crippen molar-refractivity contribution in [2.45, 2.75) is 24.9 Å². The molecule has 2 heterocycles. The van der Waals surface area contributed by atoms with Crippen LogP contribution in [0, 0.1) is 0 Å². The predicted molar refractivity (Wildman–Crippen MR) is 85.1 cm³/mol. The molecule has 0 aromatic carbocycles. The minimum Gasteiger partial charge on any atom is -0.453 e. The quantitative estimate of drug-likeness (QED) is 0.833. The number of ether oxygens (including phenoxy) is 1. The van der Waals surface area contributed by atoms with E-state index in [0.717, 1.165) is 13.0 Å². The topological polar surface area (TPSA) is 71.8 Å². The second-order valence-electron chi connectivity index (χ2n) is 5.56. The van der Waals surface area contributed by atoms with Gasteiger partial charge in [0.05, 0.1) is 12.8 Å². The van der Waals surface area contributed by atoms with Gasteiger partial charge in [-0.05, 0) is 18.9 Å². The third-order valence-corrected chi connectivity index (χ3v) is 4.00. The predicted octanol–water partition coefficient (Wildman–Crippen LogP) is 2.14. The average molecular weight is 341 g/mol. The van der Waals surface area contributed by atoms with Gasteiger partial charge in [0.1, 0.15) is 5.54 Å². The van der Waals surface area contributed by atoms with Crippen molar-refractivity contribution in [2.24, 2.45) is 4.99 Å². The van der Waals surface area contributed by atoms with Gasteiger partial charge in [-0.25, -0.2) is 9.48 Å². The van der Waals surface area contributed by atoms with E-state index in [9.17, 15) is 13.6 Å². The Kier molecular flexibility index (Phi) is 5.53. The second kappa shape index (κ2) is 7.41. The van der Waals surface area contributed by atoms with Crippen LogP contribution in [0.4, 0.5) is 13.6 Å². The molecule has 1 N–H and O–H groups in total. The van der Waals surface area contributed by atoms with Crippen LogP contribution in [0.3, 0.4) is 0 Å². The number of carbonyl (C=O) groups is 1. The summed E-state index contributed by atoms with van der Waals surface area (Å²) in [6, 6.07) is 1.49. The van der Waals surface area contributed by atoms with Crippen molar-refractivity contribution >= 4 is 12.3 Å². The maximum absolute atomic E-state index is 12.9. The average Bonchev–Trinajstić information content (AvgIpc) is 3.06. The molecule has 0 bridgehead atoms. The molecule has 132 valence electrons. The van der Waals surface area contributed by atoms with Crippen LogP contribution in [0.2, 0.25) is 0 Å². The van der Waals surface area contributed by atoms with Crippen LogP contribution >= 0.6 is 0 Å². The van der Waals surface area contributed by atoms with Crippen LogP contribution in [0.5, 0.6) is 0 Å². The lowest BCUT2D eigenvalue weighted by atomic mass is 9.85. The molecule has 1 aromatic rings. The molecular weight excluding hydrogens is 320 g/mol. The van der Waals surface area contributed by atoms with Crippen LogP contribution in [0.1, 0.15) is 25.1 Å². The maximum atomic E-state index is 12.9. The monoisotopic (exact) mass is 341 g/mol. The van der Waals surface area contributed by atoms with E-state index >= 15 is 0 Å². The molecule has 1 saturated heterocycles. The molecule has 9 heteroatoms. The highest BCUT2D eigenvalue weighted by Crippen LogP contribution is 2.32. The minimum atomic E-state index is -2.74. The number of nitrogens with one attached hydrogen (secondary N) is 1. The second-order valence-corrected chi connectivity index (χ2v) is 5.56. The van der Waals surface area contributed by atoms with Gasteiger partial charge in [-0.3, -0.25) is 4.99 Å². The molecule has 7 nitrogen and oxygen atoms in total. The number of piperidine rings is 1. The number of aromatic nitrogens is 2. The molecule has 0 radical (unpaired) electrons. The number of halogens is 2. The highest BCUT2D eigenvalue weighted by atomic mass is 19.3. The Morgan fingerprint density at radius 3 is 2.96 bits per heavy atom. The van der Waals surface area contributed by atoms with Crippen LogP contribution in [-0.4, -0.2) is 54.2 Å². The zero-order valence-electron chi connectivity index (χ0n) is 13.7. The van der Waals surface area contributed by atoms with Crippen LogP contribution in [0.25, 0.3) is 0 Å². The number of alkyl carbamates (subject to hydrolysis) is 1. The number of methoxy groups -OCH3 is 1. The molecule has 1 atom stereocenters. The first-order valence-corrected chi connectivity index (χ1v) is 7.48. The molecule has 0 spiro atoms. The lowest BCUT2D eigenvalue weighted by molar-refractivity contribution is 0.0542. The van der Waals surface area contributed by atoms with Gasteiger partial charge >= 0.3 is 12.6 Å². The summed E-state index contributed by atoms with van der Waals surface area (Å²) >= 11 is 0. The summed E-state index contributed by atoms with van der Waals surface area (Å²) in [5.41, 5.74) is 0.108. The Balaban J connectivity index is 2.35. The van der Waals surface area contributed by atoms with Crippen molar-refractivity contribution in [2.75, 3.05) is 27.2 Å². The summed E-state index contributed by atoms with van der Waals surface area (Å²) in [4.78, 5) is 17.7. The fraction of sp³-hybridized carbons (Fsp3) is 0.533. The molecule has 24 heavy (non-hydrogen) atoms. The van der Waals surface area contributed by atoms with E-state index in [2.05, 4.69) is 22.0 Å². The highest BCUT2D eigenvalue weighted by Gasteiger charge is 2.41. The number of alkyl halides is 2. The third-order valence-electron chi connectivity index (χ3n) is 4.00. The summed E-state index contributed by atoms with van der Waals surface area (Å²) in [7, 11) is 2.89. The van der Waals surface area contributed by atoms with Gasteiger partial charge in [0, 0.05) is 38.2 Å². The Labute approximate surface area is 139 Å². The van der Waals surface area contributed by atoms with Gasteiger partial charge in [-0.1, -0.05) is 6.58 Å². The third kappa shape index (κ3) is 3.72. The first-order chi connectivity index (χ1) is 11.4. The number of hydrogen-bond acceptors (Lipinski definition) is 5. The highest BCUT2D eigenvalue weighted by molar-refractivity contribution is 5.76. The summed E-state index contributed by atoms with van der Waals surface area (Å²) in [5, 5.41) is 6.71. The van der Waals surface area contributed by atoms with Crippen LogP contribution in [-0.2, 0) is 10.3 Å². The Bertz CT molecular complexity index is 631. The van der Waals surface area contributed by atoms with E-state index in [1.54, 1.807) is 13.3 Å². The van der Waals surface area contributed by atoms with Gasteiger partial charge in [-0.15, -0.1) is 0 Å². The maximum Gasteiger partial charge on any atom is 0.407 e. The fourth-order valence-corrected chi connectivity index (χ4v) is 2.85. The molecule has 1 amide bonds. The van der Waals surface area contributed by atoms with Crippen LogP contribution in [0.15, 0.2) is 29.5 Å². The van der Waals surface area contributed by atoms with E-state index in [1.807, 2.05) is 4.90 Å². The van der Waals surface area contributed by atoms with E-state index in [-0.39, 0.29) is 0 Å². The molecule has 1 unspecified atom stereocenters. The SMILES string of the molecule is C=C(/C=N\C)N1CCCC(NC(=O)OC)(c2ccn(C(F)F)n2)C1. The van der Waals surface area contributed by atoms with E-state index in [4.69, 9.17) is 4.74 Å². The zero-order valence-corrected chi connectivity index (χ0v) is 13.7. The van der Waals surface area contributed by atoms with Gasteiger partial charge in [0.25, 0.3) is 0 Å². The number of carbonyl (C=O) groups excluding carboxylic acids is 1. The van der Waals surface area contributed by atoms with Crippen molar-refractivity contribution in [1.29, 1.82) is 0 Å². The first-order valence-electron chi connectivity index (χ1n) is 7.48. The molecule has 1 fully saturated rings. The molecular formula is C15H21F2N5O2. The van der Waals surface area contributed by atoms with Crippen molar-refractivity contribution in [1.82, 2.24) is 20.0 Å². The molecule has 1 aromatic heterocycles.